The van der Waals surface area contributed by atoms with Crippen molar-refractivity contribution in [2.75, 3.05) is 6.54 Å². The van der Waals surface area contributed by atoms with Gasteiger partial charge < -0.3 is 10.4 Å². The van der Waals surface area contributed by atoms with Crippen molar-refractivity contribution >= 4 is 5.91 Å². The van der Waals surface area contributed by atoms with Crippen molar-refractivity contribution in [1.29, 1.82) is 0 Å². The highest BCUT2D eigenvalue weighted by Gasteiger charge is 2.13. The van der Waals surface area contributed by atoms with Gasteiger partial charge in [-0.15, -0.1) is 5.10 Å². The molecule has 0 aliphatic rings. The van der Waals surface area contributed by atoms with E-state index in [1.54, 1.807) is 10.9 Å². The summed E-state index contributed by atoms with van der Waals surface area (Å²) in [7, 11) is 0. The first-order valence-corrected chi connectivity index (χ1v) is 7.95. The Morgan fingerprint density at radius 1 is 1.30 bits per heavy atom. The van der Waals surface area contributed by atoms with Gasteiger partial charge in [0.2, 0.25) is 0 Å². The van der Waals surface area contributed by atoms with Crippen molar-refractivity contribution in [3.63, 3.8) is 0 Å². The fourth-order valence-corrected chi connectivity index (χ4v) is 2.16. The third kappa shape index (κ3) is 5.83. The molecular weight excluding hydrogens is 292 g/mol. The Kier molecular flexibility index (Phi) is 6.29. The van der Waals surface area contributed by atoms with Crippen molar-refractivity contribution in [2.45, 2.75) is 39.3 Å². The molecule has 0 saturated heterocycles. The molecule has 2 aromatic rings. The maximum absolute atomic E-state index is 12.0. The number of hydrogen-bond donors (Lipinski definition) is 2. The minimum Gasteiger partial charge on any atom is -0.391 e. The summed E-state index contributed by atoms with van der Waals surface area (Å²) in [5.41, 5.74) is 1.31. The van der Waals surface area contributed by atoms with Crippen molar-refractivity contribution in [1.82, 2.24) is 20.3 Å². The van der Waals surface area contributed by atoms with E-state index < -0.39 is 6.10 Å². The van der Waals surface area contributed by atoms with E-state index in [9.17, 15) is 9.90 Å². The quantitative estimate of drug-likeness (QED) is 0.776. The number of nitrogens with one attached hydrogen (secondary N) is 1. The van der Waals surface area contributed by atoms with Crippen molar-refractivity contribution in [3.05, 3.63) is 47.8 Å². The molecule has 0 radical (unpaired) electrons. The predicted molar refractivity (Wildman–Crippen MR) is 88.0 cm³/mol. The van der Waals surface area contributed by atoms with E-state index in [0.717, 1.165) is 18.5 Å². The van der Waals surface area contributed by atoms with E-state index in [1.807, 2.05) is 30.3 Å². The zero-order chi connectivity index (χ0) is 16.7. The number of rotatable bonds is 8. The molecule has 1 unspecified atom stereocenters. The van der Waals surface area contributed by atoms with Gasteiger partial charge in [-0.1, -0.05) is 49.4 Å². The molecule has 0 aliphatic heterocycles. The summed E-state index contributed by atoms with van der Waals surface area (Å²) < 4.78 is 1.68. The Morgan fingerprint density at radius 2 is 2.04 bits per heavy atom. The largest absolute Gasteiger partial charge is 0.391 e. The van der Waals surface area contributed by atoms with E-state index in [0.29, 0.717) is 12.3 Å². The average Bonchev–Trinajstić information content (AvgIpc) is 3.00. The van der Waals surface area contributed by atoms with Crippen LogP contribution < -0.4 is 5.32 Å². The molecule has 2 rings (SSSR count). The van der Waals surface area contributed by atoms with Crippen LogP contribution in [0.2, 0.25) is 0 Å². The van der Waals surface area contributed by atoms with Crippen LogP contribution in [0.5, 0.6) is 0 Å². The lowest BCUT2D eigenvalue weighted by Crippen LogP contribution is -2.33. The second kappa shape index (κ2) is 8.43. The van der Waals surface area contributed by atoms with Crippen LogP contribution in [0, 0.1) is 5.92 Å². The van der Waals surface area contributed by atoms with Crippen LogP contribution in [0.15, 0.2) is 36.5 Å². The maximum Gasteiger partial charge on any atom is 0.273 e. The van der Waals surface area contributed by atoms with Gasteiger partial charge in [0.25, 0.3) is 5.91 Å². The van der Waals surface area contributed by atoms with Crippen molar-refractivity contribution < 1.29 is 9.90 Å². The SMILES string of the molecule is CC(C)CCn1cc(C(=O)NCC(O)Cc2ccccc2)nn1. The molecular formula is C17H24N4O2. The van der Waals surface area contributed by atoms with E-state index in [1.165, 1.54) is 0 Å². The number of benzene rings is 1. The molecule has 1 heterocycles. The summed E-state index contributed by atoms with van der Waals surface area (Å²) in [6, 6.07) is 9.68. The van der Waals surface area contributed by atoms with Gasteiger partial charge in [-0.3, -0.25) is 9.48 Å². The average molecular weight is 316 g/mol. The van der Waals surface area contributed by atoms with Gasteiger partial charge in [-0.05, 0) is 17.9 Å². The maximum atomic E-state index is 12.0. The number of carbonyl (C=O) groups excluding carboxylic acids is 1. The lowest BCUT2D eigenvalue weighted by atomic mass is 10.1. The van der Waals surface area contributed by atoms with E-state index in [2.05, 4.69) is 29.5 Å². The van der Waals surface area contributed by atoms with Gasteiger partial charge in [-0.2, -0.15) is 0 Å². The molecule has 23 heavy (non-hydrogen) atoms. The minimum absolute atomic E-state index is 0.187. The van der Waals surface area contributed by atoms with E-state index in [4.69, 9.17) is 0 Å². The Hall–Kier alpha value is -2.21. The monoisotopic (exact) mass is 316 g/mol. The number of aromatic nitrogens is 3. The molecule has 1 amide bonds. The third-order valence-electron chi connectivity index (χ3n) is 3.52. The highest BCUT2D eigenvalue weighted by atomic mass is 16.3. The van der Waals surface area contributed by atoms with Crippen LogP contribution in [0.4, 0.5) is 0 Å². The van der Waals surface area contributed by atoms with Crippen LogP contribution in [0.3, 0.4) is 0 Å². The first-order valence-electron chi connectivity index (χ1n) is 7.95. The summed E-state index contributed by atoms with van der Waals surface area (Å²) in [6.45, 7) is 5.21. The summed E-state index contributed by atoms with van der Waals surface area (Å²) in [4.78, 5) is 12.0. The molecule has 0 aliphatic carbocycles. The van der Waals surface area contributed by atoms with Gasteiger partial charge in [0.05, 0.1) is 12.3 Å². The smallest absolute Gasteiger partial charge is 0.273 e. The van der Waals surface area contributed by atoms with Crippen LogP contribution >= 0.6 is 0 Å². The van der Waals surface area contributed by atoms with Crippen molar-refractivity contribution in [3.8, 4) is 0 Å². The minimum atomic E-state index is -0.627. The van der Waals surface area contributed by atoms with E-state index in [-0.39, 0.29) is 18.1 Å². The highest BCUT2D eigenvalue weighted by Crippen LogP contribution is 2.04. The van der Waals surface area contributed by atoms with Crippen molar-refractivity contribution in [2.24, 2.45) is 5.92 Å². The summed E-state index contributed by atoms with van der Waals surface area (Å²) in [5.74, 6) is 0.262. The van der Waals surface area contributed by atoms with Gasteiger partial charge in [-0.25, -0.2) is 0 Å². The number of carbonyl (C=O) groups is 1. The molecule has 1 aromatic carbocycles. The van der Waals surface area contributed by atoms with Gasteiger partial charge >= 0.3 is 0 Å². The Labute approximate surface area is 136 Å². The molecule has 1 atom stereocenters. The Morgan fingerprint density at radius 3 is 2.74 bits per heavy atom. The highest BCUT2D eigenvalue weighted by molar-refractivity contribution is 5.91. The second-order valence-corrected chi connectivity index (χ2v) is 6.10. The molecule has 6 nitrogen and oxygen atoms in total. The van der Waals surface area contributed by atoms with Crippen LogP contribution in [0.25, 0.3) is 0 Å². The number of aliphatic hydroxyl groups is 1. The molecule has 6 heteroatoms. The first-order chi connectivity index (χ1) is 11.0. The van der Waals surface area contributed by atoms with Gasteiger partial charge in [0, 0.05) is 19.5 Å². The predicted octanol–water partition coefficient (Wildman–Crippen LogP) is 1.66. The number of nitrogens with zero attached hydrogens (tertiary/aromatic N) is 3. The molecule has 0 bridgehead atoms. The van der Waals surface area contributed by atoms with Gasteiger partial charge in [0.1, 0.15) is 0 Å². The number of hydrogen-bond acceptors (Lipinski definition) is 4. The lowest BCUT2D eigenvalue weighted by Gasteiger charge is -2.11. The molecule has 0 spiro atoms. The molecule has 0 fully saturated rings. The third-order valence-corrected chi connectivity index (χ3v) is 3.52. The zero-order valence-electron chi connectivity index (χ0n) is 13.6. The summed E-state index contributed by atoms with van der Waals surface area (Å²) in [6.07, 6.45) is 2.50. The summed E-state index contributed by atoms with van der Waals surface area (Å²) >= 11 is 0. The molecule has 0 saturated carbocycles. The lowest BCUT2D eigenvalue weighted by molar-refractivity contribution is 0.0911. The van der Waals surface area contributed by atoms with Gasteiger partial charge in [0.15, 0.2) is 5.69 Å². The fourth-order valence-electron chi connectivity index (χ4n) is 2.16. The first kappa shape index (κ1) is 17.1. The molecule has 124 valence electrons. The standard InChI is InChI=1S/C17H24N4O2/c1-13(2)8-9-21-12-16(19-20-21)17(23)18-11-15(22)10-14-6-4-3-5-7-14/h3-7,12-13,15,22H,8-11H2,1-2H3,(H,18,23). The number of aliphatic hydroxyl groups excluding tert-OH is 1. The normalized spacial score (nSPS) is 12.3. The van der Waals surface area contributed by atoms with Crippen LogP contribution in [-0.4, -0.2) is 38.7 Å². The Bertz CT molecular complexity index is 610. The van der Waals surface area contributed by atoms with E-state index >= 15 is 0 Å². The molecule has 2 N–H and O–H groups in total. The van der Waals surface area contributed by atoms with Crippen LogP contribution in [0.1, 0.15) is 36.3 Å². The number of amides is 1. The topological polar surface area (TPSA) is 80.0 Å². The van der Waals surface area contributed by atoms with Crippen LogP contribution in [-0.2, 0) is 13.0 Å². The second-order valence-electron chi connectivity index (χ2n) is 6.10. The number of aryl methyl sites for hydroxylation is 1. The fraction of sp³-hybridized carbons (Fsp3) is 0.471. The molecule has 1 aromatic heterocycles. The summed E-state index contributed by atoms with van der Waals surface area (Å²) in [5, 5.41) is 20.5. The zero-order valence-corrected chi connectivity index (χ0v) is 13.6. The Balaban J connectivity index is 1.78.